The van der Waals surface area contributed by atoms with Gasteiger partial charge in [-0.1, -0.05) is 30.4 Å². The van der Waals surface area contributed by atoms with Crippen LogP contribution in [0.15, 0.2) is 94.4 Å². The minimum absolute atomic E-state index is 0.0103. The summed E-state index contributed by atoms with van der Waals surface area (Å²) in [5.41, 5.74) is 1.26. The molecule has 22 nitrogen and oxygen atoms in total. The van der Waals surface area contributed by atoms with Crippen molar-refractivity contribution in [2.75, 3.05) is 69.6 Å². The third kappa shape index (κ3) is 15.0. The fourth-order valence-electron chi connectivity index (χ4n) is 8.72. The van der Waals surface area contributed by atoms with Gasteiger partial charge in [-0.2, -0.15) is 38.2 Å². The number of amides is 2. The number of allylic oxidation sites excluding steroid dienone is 8. The molecule has 5 rings (SSSR count). The molecular formula is C45H58N3O19S4+. The van der Waals surface area contributed by atoms with Crippen LogP contribution in [0.3, 0.4) is 0 Å². The predicted molar refractivity (Wildman–Crippen MR) is 256 cm³/mol. The molecule has 0 aliphatic carbocycles. The zero-order valence-electron chi connectivity index (χ0n) is 39.2. The Bertz CT molecular complexity index is 2950. The molecule has 390 valence electrons. The van der Waals surface area contributed by atoms with Gasteiger partial charge in [-0.25, -0.2) is 4.79 Å². The monoisotopic (exact) mass is 1070 g/mol. The number of rotatable bonds is 27. The topological polar surface area (TPSA) is 315 Å². The summed E-state index contributed by atoms with van der Waals surface area (Å²) in [4.78, 5) is 41.4. The predicted octanol–water partition coefficient (Wildman–Crippen LogP) is 3.88. The van der Waals surface area contributed by atoms with Crippen LogP contribution in [0, 0.1) is 0 Å². The molecule has 0 bridgehead atoms. The van der Waals surface area contributed by atoms with E-state index in [1.807, 2.05) is 9.48 Å². The second-order valence-electron chi connectivity index (χ2n) is 17.1. The summed E-state index contributed by atoms with van der Waals surface area (Å²) in [6.07, 6.45) is 11.9. The van der Waals surface area contributed by atoms with Gasteiger partial charge in [0, 0.05) is 61.0 Å². The van der Waals surface area contributed by atoms with Crippen LogP contribution < -0.4 is 4.90 Å². The zero-order valence-corrected chi connectivity index (χ0v) is 42.5. The molecule has 0 aromatic heterocycles. The van der Waals surface area contributed by atoms with E-state index in [1.54, 1.807) is 62.4 Å². The van der Waals surface area contributed by atoms with Gasteiger partial charge in [0.15, 0.2) is 12.3 Å². The SMILES string of the molecule is COCCN1C(=CC=CC=CC=CC2=[N+](CCOCCOCCC(=O)ON3C(=O)CCC3=O)c3ccc(S(=O)(=O)O)cc3C2(C)CCCS(=O)(=O)O)C(C)(CCCS(=O)(=O)O)c2cc(S(=O)(=O)O)ccc21. The summed E-state index contributed by atoms with van der Waals surface area (Å²) >= 11 is 0. The standard InChI is InChI=1S/C45H57N3O19S4/c1-44(20-9-29-68(52,53)54)35-31-33(70(58,59)60)13-15-37(35)46(22-25-64-3)39(44)11-7-5-4-6-8-12-40-45(2,21-10-30-69(55,56)57)36-32-34(71(61,62)63)14-16-38(36)47(40)23-26-66-28-27-65-24-19-43(51)67-48-41(49)17-18-42(48)50/h4-8,11-16,31-32H,9-10,17-30H2,1-3H3,(H3-,52,53,54,55,56,57,58,59,60,61,62,63)/p+1. The van der Waals surface area contributed by atoms with Gasteiger partial charge >= 0.3 is 5.97 Å². The second kappa shape index (κ2) is 23.7. The van der Waals surface area contributed by atoms with E-state index in [9.17, 15) is 66.3 Å². The van der Waals surface area contributed by atoms with E-state index >= 15 is 0 Å². The van der Waals surface area contributed by atoms with Crippen LogP contribution in [-0.2, 0) is 84.7 Å². The molecule has 2 aromatic rings. The van der Waals surface area contributed by atoms with Crippen molar-refractivity contribution in [2.24, 2.45) is 0 Å². The molecule has 2 aromatic carbocycles. The lowest BCUT2D eigenvalue weighted by Crippen LogP contribution is -2.32. The maximum atomic E-state index is 12.3. The van der Waals surface area contributed by atoms with E-state index in [2.05, 4.69) is 0 Å². The van der Waals surface area contributed by atoms with Crippen LogP contribution in [0.4, 0.5) is 11.4 Å². The number of anilines is 1. The van der Waals surface area contributed by atoms with Gasteiger partial charge in [-0.15, -0.1) is 5.06 Å². The van der Waals surface area contributed by atoms with Crippen LogP contribution in [0.1, 0.15) is 69.9 Å². The zero-order chi connectivity index (χ0) is 52.4. The first-order chi connectivity index (χ1) is 33.2. The van der Waals surface area contributed by atoms with Gasteiger partial charge in [0.05, 0.1) is 59.6 Å². The lowest BCUT2D eigenvalue weighted by Gasteiger charge is -2.30. The van der Waals surface area contributed by atoms with Gasteiger partial charge < -0.3 is 23.9 Å². The lowest BCUT2D eigenvalue weighted by molar-refractivity contribution is -0.442. The smallest absolute Gasteiger partial charge is 0.335 e. The Balaban J connectivity index is 1.39. The number of hydroxylamine groups is 2. The first-order valence-corrected chi connectivity index (χ1v) is 28.3. The number of ether oxygens (including phenoxy) is 3. The number of hydrogen-bond acceptors (Lipinski definition) is 16. The fraction of sp³-hybridized carbons (Fsp3) is 0.467. The Morgan fingerprint density at radius 3 is 1.85 bits per heavy atom. The average Bonchev–Trinajstić information content (AvgIpc) is 3.80. The molecule has 3 aliphatic heterocycles. The first kappa shape index (κ1) is 56.9. The van der Waals surface area contributed by atoms with E-state index in [0.29, 0.717) is 45.5 Å². The van der Waals surface area contributed by atoms with Crippen molar-refractivity contribution in [1.29, 1.82) is 0 Å². The van der Waals surface area contributed by atoms with Gasteiger partial charge in [0.1, 0.15) is 6.61 Å². The molecule has 1 fully saturated rings. The highest BCUT2D eigenvalue weighted by atomic mass is 32.2. The van der Waals surface area contributed by atoms with E-state index in [0.717, 1.165) is 0 Å². The molecule has 2 unspecified atom stereocenters. The quantitative estimate of drug-likeness (QED) is 0.0324. The number of hydrogen-bond donors (Lipinski definition) is 4. The van der Waals surface area contributed by atoms with Gasteiger partial charge in [0.25, 0.3) is 52.3 Å². The molecule has 1 saturated heterocycles. The Labute approximate surface area is 413 Å². The van der Waals surface area contributed by atoms with Crippen molar-refractivity contribution >= 4 is 75.3 Å². The number of methoxy groups -OCH3 is 1. The van der Waals surface area contributed by atoms with Crippen LogP contribution in [0.2, 0.25) is 0 Å². The fourth-order valence-corrected chi connectivity index (χ4v) is 10.7. The van der Waals surface area contributed by atoms with Crippen LogP contribution >= 0.6 is 0 Å². The van der Waals surface area contributed by atoms with E-state index in [4.69, 9.17) is 19.0 Å². The summed E-state index contributed by atoms with van der Waals surface area (Å²) in [6.45, 7) is 4.48. The van der Waals surface area contributed by atoms with Crippen LogP contribution in [0.25, 0.3) is 0 Å². The minimum atomic E-state index is -4.67. The number of carbonyl (C=O) groups excluding carboxylic acids is 3. The molecule has 3 heterocycles. The van der Waals surface area contributed by atoms with Gasteiger partial charge in [-0.3, -0.25) is 27.8 Å². The van der Waals surface area contributed by atoms with E-state index in [-0.39, 0.29) is 89.4 Å². The number of fused-ring (bicyclic) bond motifs is 2. The number of carbonyl (C=O) groups is 3. The summed E-state index contributed by atoms with van der Waals surface area (Å²) in [5.74, 6) is -3.16. The number of imide groups is 1. The van der Waals surface area contributed by atoms with Crippen molar-refractivity contribution in [3.8, 4) is 0 Å². The minimum Gasteiger partial charge on any atom is -0.383 e. The highest BCUT2D eigenvalue weighted by Gasteiger charge is 2.48. The lowest BCUT2D eigenvalue weighted by atomic mass is 9.76. The Hall–Kier alpha value is -5.00. The largest absolute Gasteiger partial charge is 0.383 e. The van der Waals surface area contributed by atoms with Crippen LogP contribution in [0.5, 0.6) is 0 Å². The van der Waals surface area contributed by atoms with E-state index < -0.39 is 85.5 Å². The normalized spacial score (nSPS) is 20.5. The Kier molecular flexibility index (Phi) is 19.0. The molecule has 0 spiro atoms. The van der Waals surface area contributed by atoms with E-state index in [1.165, 1.54) is 37.4 Å². The first-order valence-electron chi connectivity index (χ1n) is 22.2. The number of nitrogens with zero attached hydrogens (tertiary/aromatic N) is 3. The molecule has 71 heavy (non-hydrogen) atoms. The molecule has 4 N–H and O–H groups in total. The van der Waals surface area contributed by atoms with Crippen LogP contribution in [-0.4, -0.2) is 150 Å². The third-order valence-electron chi connectivity index (χ3n) is 12.1. The molecule has 3 aliphatic rings. The molecular weight excluding hydrogens is 1010 g/mol. The summed E-state index contributed by atoms with van der Waals surface area (Å²) < 4.78 is 153. The summed E-state index contributed by atoms with van der Waals surface area (Å²) in [5, 5.41) is 0.447. The maximum Gasteiger partial charge on any atom is 0.335 e. The van der Waals surface area contributed by atoms with Gasteiger partial charge in [-0.05, 0) is 81.5 Å². The van der Waals surface area contributed by atoms with Crippen molar-refractivity contribution < 1.29 is 89.9 Å². The molecule has 0 radical (unpaired) electrons. The highest BCUT2D eigenvalue weighted by Crippen LogP contribution is 2.51. The average molecular weight is 1070 g/mol. The highest BCUT2D eigenvalue weighted by molar-refractivity contribution is 7.86. The van der Waals surface area contributed by atoms with Crippen molar-refractivity contribution in [1.82, 2.24) is 5.06 Å². The second-order valence-corrected chi connectivity index (χ2v) is 23.1. The summed E-state index contributed by atoms with van der Waals surface area (Å²) in [7, 11) is -16.5. The molecule has 26 heteroatoms. The maximum absolute atomic E-state index is 12.3. The Morgan fingerprint density at radius 1 is 0.704 bits per heavy atom. The Morgan fingerprint density at radius 2 is 1.25 bits per heavy atom. The molecule has 2 amide bonds. The summed E-state index contributed by atoms with van der Waals surface area (Å²) in [6, 6.07) is 8.20. The number of benzene rings is 2. The molecule has 0 saturated carbocycles. The van der Waals surface area contributed by atoms with Gasteiger partial charge in [0.2, 0.25) is 5.69 Å². The molecule has 2 atom stereocenters. The van der Waals surface area contributed by atoms with Crippen molar-refractivity contribution in [3.63, 3.8) is 0 Å². The van der Waals surface area contributed by atoms with Crippen molar-refractivity contribution in [2.45, 2.75) is 79.4 Å². The van der Waals surface area contributed by atoms with Crippen molar-refractivity contribution in [3.05, 3.63) is 95.8 Å². The third-order valence-corrected chi connectivity index (χ3v) is 15.4.